The van der Waals surface area contributed by atoms with Crippen LogP contribution in [0.5, 0.6) is 5.75 Å². The van der Waals surface area contributed by atoms with Crippen LogP contribution in [0, 0.1) is 0 Å². The summed E-state index contributed by atoms with van der Waals surface area (Å²) in [7, 11) is 3.84. The van der Waals surface area contributed by atoms with Crippen molar-refractivity contribution >= 4 is 34.9 Å². The molecule has 4 rings (SSSR count). The fourth-order valence-electron chi connectivity index (χ4n) is 4.38. The zero-order chi connectivity index (χ0) is 22.7. The second kappa shape index (κ2) is 9.89. The van der Waals surface area contributed by atoms with Crippen LogP contribution in [0.1, 0.15) is 23.3 Å². The van der Waals surface area contributed by atoms with Crippen LogP contribution in [-0.2, 0) is 0 Å². The Hall–Kier alpha value is -2.62. The normalized spacial score (nSPS) is 18.5. The fourth-order valence-corrected chi connectivity index (χ4v) is 4.55. The lowest BCUT2D eigenvalue weighted by molar-refractivity contribution is 0.0690. The molecule has 10 heteroatoms. The van der Waals surface area contributed by atoms with Gasteiger partial charge in [0, 0.05) is 57.1 Å². The molecule has 0 amide bonds. The van der Waals surface area contributed by atoms with Crippen molar-refractivity contribution in [3.63, 3.8) is 0 Å². The van der Waals surface area contributed by atoms with E-state index in [4.69, 9.17) is 16.3 Å². The fraction of sp³-hybridized carbons (Fsp3) is 0.500. The highest BCUT2D eigenvalue weighted by Crippen LogP contribution is 2.34. The largest absolute Gasteiger partial charge is 0.495 e. The quantitative estimate of drug-likeness (QED) is 0.674. The zero-order valence-electron chi connectivity index (χ0n) is 18.4. The topological polar surface area (TPSA) is 94.1 Å². The van der Waals surface area contributed by atoms with E-state index in [1.807, 2.05) is 18.2 Å². The van der Waals surface area contributed by atoms with Crippen molar-refractivity contribution in [2.45, 2.75) is 18.9 Å². The second-order valence-corrected chi connectivity index (χ2v) is 8.67. The number of ether oxygens (including phenoxy) is 1. The Morgan fingerprint density at radius 2 is 1.91 bits per heavy atom. The summed E-state index contributed by atoms with van der Waals surface area (Å²) in [6.45, 7) is 6.58. The summed E-state index contributed by atoms with van der Waals surface area (Å²) in [6, 6.07) is 6.46. The summed E-state index contributed by atoms with van der Waals surface area (Å²) >= 11 is 5.85. The van der Waals surface area contributed by atoms with Gasteiger partial charge < -0.3 is 25.0 Å². The number of likely N-dealkylation sites (N-methyl/N-ethyl adjacent to an activating group) is 1. The number of piperidine rings is 1. The molecule has 0 unspecified atom stereocenters. The lowest BCUT2D eigenvalue weighted by Crippen LogP contribution is -2.52. The summed E-state index contributed by atoms with van der Waals surface area (Å²) in [6.07, 6.45) is 3.56. The number of methoxy groups -OCH3 is 1. The maximum absolute atomic E-state index is 11.3. The molecule has 2 aliphatic heterocycles. The first-order valence-corrected chi connectivity index (χ1v) is 11.2. The van der Waals surface area contributed by atoms with Gasteiger partial charge in [0.1, 0.15) is 5.75 Å². The van der Waals surface area contributed by atoms with Gasteiger partial charge in [-0.25, -0.2) is 14.8 Å². The third kappa shape index (κ3) is 5.06. The predicted octanol–water partition coefficient (Wildman–Crippen LogP) is 2.80. The number of benzene rings is 1. The molecule has 3 heterocycles. The Morgan fingerprint density at radius 1 is 1.19 bits per heavy atom. The molecule has 1 aromatic heterocycles. The van der Waals surface area contributed by atoms with Crippen molar-refractivity contribution in [3.05, 3.63) is 35.1 Å². The number of piperazine rings is 1. The highest BCUT2D eigenvalue weighted by molar-refractivity contribution is 6.33. The minimum absolute atomic E-state index is 0.00375. The standard InChI is InChI=1S/C22H29ClN6O3/c1-27-9-11-28(12-10-27)16-5-7-29(8-6-16)18-4-3-15(13-19(18)32-2)25-22-24-14-17(23)20(26-22)21(30)31/h3-4,13-14,16H,5-12H2,1-2H3,(H,30,31)(H,24,25,26). The predicted molar refractivity (Wildman–Crippen MR) is 125 cm³/mol. The van der Waals surface area contributed by atoms with E-state index >= 15 is 0 Å². The molecule has 9 nitrogen and oxygen atoms in total. The average molecular weight is 461 g/mol. The third-order valence-corrected chi connectivity index (χ3v) is 6.52. The van der Waals surface area contributed by atoms with E-state index in [9.17, 15) is 9.90 Å². The van der Waals surface area contributed by atoms with Crippen LogP contribution in [0.3, 0.4) is 0 Å². The van der Waals surface area contributed by atoms with Crippen molar-refractivity contribution < 1.29 is 14.6 Å². The summed E-state index contributed by atoms with van der Waals surface area (Å²) in [5.41, 5.74) is 1.52. The van der Waals surface area contributed by atoms with Crippen LogP contribution in [0.4, 0.5) is 17.3 Å². The van der Waals surface area contributed by atoms with Gasteiger partial charge in [-0.05, 0) is 32.0 Å². The maximum Gasteiger partial charge on any atom is 0.356 e. The number of carbonyl (C=O) groups is 1. The first-order valence-electron chi connectivity index (χ1n) is 10.8. The minimum atomic E-state index is -1.20. The van der Waals surface area contributed by atoms with E-state index in [1.54, 1.807) is 7.11 Å². The molecule has 2 saturated heterocycles. The van der Waals surface area contributed by atoms with Gasteiger partial charge in [-0.1, -0.05) is 11.6 Å². The molecule has 0 bridgehead atoms. The molecular formula is C22H29ClN6O3. The summed E-state index contributed by atoms with van der Waals surface area (Å²) in [5, 5.41) is 12.2. The van der Waals surface area contributed by atoms with Gasteiger partial charge in [0.25, 0.3) is 0 Å². The smallest absolute Gasteiger partial charge is 0.356 e. The van der Waals surface area contributed by atoms with Crippen LogP contribution in [0.15, 0.2) is 24.4 Å². The van der Waals surface area contributed by atoms with Crippen LogP contribution < -0.4 is 15.0 Å². The van der Waals surface area contributed by atoms with Crippen molar-refractivity contribution in [3.8, 4) is 5.75 Å². The Morgan fingerprint density at radius 3 is 2.56 bits per heavy atom. The van der Waals surface area contributed by atoms with E-state index in [2.05, 4.69) is 37.0 Å². The molecule has 172 valence electrons. The molecule has 0 radical (unpaired) electrons. The second-order valence-electron chi connectivity index (χ2n) is 8.26. The van der Waals surface area contributed by atoms with Crippen LogP contribution in [0.25, 0.3) is 0 Å². The van der Waals surface area contributed by atoms with Gasteiger partial charge in [-0.3, -0.25) is 4.90 Å². The SMILES string of the molecule is COc1cc(Nc2ncc(Cl)c(C(=O)O)n2)ccc1N1CCC(N2CCN(C)CC2)CC1. The number of hydrogen-bond acceptors (Lipinski definition) is 8. The number of carboxylic acids is 1. The highest BCUT2D eigenvalue weighted by atomic mass is 35.5. The maximum atomic E-state index is 11.3. The number of nitrogens with one attached hydrogen (secondary N) is 1. The molecule has 2 fully saturated rings. The summed E-state index contributed by atoms with van der Waals surface area (Å²) in [4.78, 5) is 26.7. The van der Waals surface area contributed by atoms with E-state index in [0.717, 1.165) is 63.5 Å². The molecule has 2 aromatic rings. The average Bonchev–Trinajstić information content (AvgIpc) is 2.81. The molecule has 0 aliphatic carbocycles. The third-order valence-electron chi connectivity index (χ3n) is 6.24. The Bertz CT molecular complexity index is 959. The monoisotopic (exact) mass is 460 g/mol. The number of anilines is 3. The number of nitrogens with zero attached hydrogens (tertiary/aromatic N) is 5. The molecule has 0 spiro atoms. The first kappa shape index (κ1) is 22.6. The van der Waals surface area contributed by atoms with Crippen molar-refractivity contribution in [2.75, 3.05) is 63.6 Å². The van der Waals surface area contributed by atoms with E-state index < -0.39 is 5.97 Å². The van der Waals surface area contributed by atoms with Crippen LogP contribution >= 0.6 is 11.6 Å². The van der Waals surface area contributed by atoms with Crippen LogP contribution in [-0.4, -0.2) is 90.3 Å². The molecule has 1 aromatic carbocycles. The number of halogens is 1. The van der Waals surface area contributed by atoms with E-state index in [0.29, 0.717) is 11.7 Å². The Balaban J connectivity index is 1.42. The first-order chi connectivity index (χ1) is 15.4. The number of rotatable bonds is 6. The van der Waals surface area contributed by atoms with Gasteiger partial charge in [0.15, 0.2) is 5.69 Å². The number of aromatic nitrogens is 2. The van der Waals surface area contributed by atoms with Gasteiger partial charge in [0.05, 0.1) is 24.0 Å². The van der Waals surface area contributed by atoms with E-state index in [1.165, 1.54) is 6.20 Å². The lowest BCUT2D eigenvalue weighted by atomic mass is 10.0. The number of aromatic carboxylic acids is 1. The number of carboxylic acid groups (broad SMARTS) is 1. The Kier molecular flexibility index (Phi) is 6.98. The van der Waals surface area contributed by atoms with Gasteiger partial charge in [-0.2, -0.15) is 0 Å². The van der Waals surface area contributed by atoms with Crippen molar-refractivity contribution in [1.82, 2.24) is 19.8 Å². The number of hydrogen-bond donors (Lipinski definition) is 2. The minimum Gasteiger partial charge on any atom is -0.495 e. The summed E-state index contributed by atoms with van der Waals surface area (Å²) in [5.74, 6) is -0.289. The molecule has 0 saturated carbocycles. The van der Waals surface area contributed by atoms with Crippen molar-refractivity contribution in [1.29, 1.82) is 0 Å². The summed E-state index contributed by atoms with van der Waals surface area (Å²) < 4.78 is 5.66. The lowest BCUT2D eigenvalue weighted by Gasteiger charge is -2.42. The molecule has 2 N–H and O–H groups in total. The molecule has 32 heavy (non-hydrogen) atoms. The molecule has 2 aliphatic rings. The van der Waals surface area contributed by atoms with Crippen molar-refractivity contribution in [2.24, 2.45) is 0 Å². The van der Waals surface area contributed by atoms with E-state index in [-0.39, 0.29) is 16.7 Å². The molecule has 0 atom stereocenters. The van der Waals surface area contributed by atoms with Gasteiger partial charge in [-0.15, -0.1) is 0 Å². The van der Waals surface area contributed by atoms with Crippen LogP contribution in [0.2, 0.25) is 5.02 Å². The molecular weight excluding hydrogens is 432 g/mol. The zero-order valence-corrected chi connectivity index (χ0v) is 19.2. The highest BCUT2D eigenvalue weighted by Gasteiger charge is 2.27. The Labute approximate surface area is 192 Å². The van der Waals surface area contributed by atoms with Gasteiger partial charge >= 0.3 is 5.97 Å². The van der Waals surface area contributed by atoms with Gasteiger partial charge in [0.2, 0.25) is 5.95 Å².